The monoisotopic (exact) mass is 272 g/mol. The van der Waals surface area contributed by atoms with Crippen LogP contribution < -0.4 is 0 Å². The molecule has 0 spiro atoms. The molecule has 0 bridgehead atoms. The molecule has 0 aromatic heterocycles. The Morgan fingerprint density at radius 3 is 2.52 bits per heavy atom. The molecule has 0 heteroatoms. The van der Waals surface area contributed by atoms with E-state index in [2.05, 4.69) is 61.6 Å². The summed E-state index contributed by atoms with van der Waals surface area (Å²) in [6.45, 7) is 2.17. The molecule has 0 radical (unpaired) electrons. The summed E-state index contributed by atoms with van der Waals surface area (Å²) in [4.78, 5) is 0. The molecule has 0 nitrogen and oxygen atoms in total. The fourth-order valence-corrected chi connectivity index (χ4v) is 3.66. The topological polar surface area (TPSA) is 0 Å². The molecule has 2 aromatic rings. The minimum Gasteiger partial charge on any atom is -0.0836 e. The van der Waals surface area contributed by atoms with Crippen LogP contribution in [-0.4, -0.2) is 0 Å². The number of benzene rings is 2. The smallest absolute Gasteiger partial charge is 0.0103 e. The van der Waals surface area contributed by atoms with Crippen molar-refractivity contribution in [1.29, 1.82) is 0 Å². The summed E-state index contributed by atoms with van der Waals surface area (Å²) in [7, 11) is 0. The number of rotatable bonds is 1. The largest absolute Gasteiger partial charge is 0.0836 e. The van der Waals surface area contributed by atoms with Crippen LogP contribution in [0.1, 0.15) is 40.7 Å². The highest BCUT2D eigenvalue weighted by Gasteiger charge is 2.19. The third kappa shape index (κ3) is 2.15. The lowest BCUT2D eigenvalue weighted by atomic mass is 9.81. The van der Waals surface area contributed by atoms with Gasteiger partial charge in [0.05, 0.1) is 0 Å². The number of fused-ring (bicyclic) bond motifs is 3. The van der Waals surface area contributed by atoms with Crippen molar-refractivity contribution in [3.05, 3.63) is 70.3 Å². The molecule has 0 atom stereocenters. The lowest BCUT2D eigenvalue weighted by Gasteiger charge is -2.23. The summed E-state index contributed by atoms with van der Waals surface area (Å²) < 4.78 is 0. The average molecular weight is 272 g/mol. The highest BCUT2D eigenvalue weighted by Crippen LogP contribution is 2.37. The van der Waals surface area contributed by atoms with Crippen LogP contribution in [0, 0.1) is 6.92 Å². The van der Waals surface area contributed by atoms with Crippen molar-refractivity contribution >= 4 is 12.2 Å². The molecule has 0 heterocycles. The van der Waals surface area contributed by atoms with E-state index in [1.54, 1.807) is 11.1 Å². The first-order valence-corrected chi connectivity index (χ1v) is 7.92. The molecule has 104 valence electrons. The SMILES string of the molecule is Cc1cccc(-c2cc3c(c4c2C=CCC4)CCC=C3)c1. The first-order chi connectivity index (χ1) is 10.3. The lowest BCUT2D eigenvalue weighted by Crippen LogP contribution is -2.07. The van der Waals surface area contributed by atoms with Crippen LogP contribution in [0.2, 0.25) is 0 Å². The quantitative estimate of drug-likeness (QED) is 0.635. The van der Waals surface area contributed by atoms with Gasteiger partial charge in [0.1, 0.15) is 0 Å². The van der Waals surface area contributed by atoms with Crippen LogP contribution in [0.4, 0.5) is 0 Å². The Labute approximate surface area is 126 Å². The van der Waals surface area contributed by atoms with Crippen molar-refractivity contribution in [3.63, 3.8) is 0 Å². The zero-order valence-corrected chi connectivity index (χ0v) is 12.5. The summed E-state index contributed by atoms with van der Waals surface area (Å²) in [5.74, 6) is 0. The van der Waals surface area contributed by atoms with Gasteiger partial charge in [0, 0.05) is 0 Å². The molecule has 21 heavy (non-hydrogen) atoms. The van der Waals surface area contributed by atoms with Crippen molar-refractivity contribution < 1.29 is 0 Å². The van der Waals surface area contributed by atoms with Gasteiger partial charge >= 0.3 is 0 Å². The van der Waals surface area contributed by atoms with E-state index in [9.17, 15) is 0 Å². The fourth-order valence-electron chi connectivity index (χ4n) is 3.66. The minimum atomic E-state index is 1.18. The average Bonchev–Trinajstić information content (AvgIpc) is 2.54. The van der Waals surface area contributed by atoms with E-state index in [-0.39, 0.29) is 0 Å². The summed E-state index contributed by atoms with van der Waals surface area (Å²) in [6.07, 6.45) is 14.1. The van der Waals surface area contributed by atoms with Gasteiger partial charge in [-0.15, -0.1) is 0 Å². The number of hydrogen-bond acceptors (Lipinski definition) is 0. The summed E-state index contributed by atoms with van der Waals surface area (Å²) in [5.41, 5.74) is 10.2. The van der Waals surface area contributed by atoms with Gasteiger partial charge in [-0.25, -0.2) is 0 Å². The number of allylic oxidation sites excluding steroid dienone is 2. The first kappa shape index (κ1) is 12.6. The van der Waals surface area contributed by atoms with Crippen LogP contribution in [0.15, 0.2) is 42.5 Å². The summed E-state index contributed by atoms with van der Waals surface area (Å²) >= 11 is 0. The second-order valence-electron chi connectivity index (χ2n) is 6.14. The van der Waals surface area contributed by atoms with E-state index in [1.165, 1.54) is 53.5 Å². The number of hydrogen-bond donors (Lipinski definition) is 0. The van der Waals surface area contributed by atoms with Crippen LogP contribution >= 0.6 is 0 Å². The Morgan fingerprint density at radius 2 is 1.67 bits per heavy atom. The van der Waals surface area contributed by atoms with Crippen LogP contribution in [0.5, 0.6) is 0 Å². The fraction of sp³-hybridized carbons (Fsp3) is 0.238. The summed E-state index contributed by atoms with van der Waals surface area (Å²) in [5, 5.41) is 0. The van der Waals surface area contributed by atoms with E-state index in [0.29, 0.717) is 0 Å². The molecule has 2 aromatic carbocycles. The molecule has 0 aliphatic heterocycles. The highest BCUT2D eigenvalue weighted by atomic mass is 14.2. The van der Waals surface area contributed by atoms with Gasteiger partial charge in [0.15, 0.2) is 0 Å². The van der Waals surface area contributed by atoms with Crippen molar-refractivity contribution in [3.8, 4) is 11.1 Å². The van der Waals surface area contributed by atoms with Gasteiger partial charge in [-0.3, -0.25) is 0 Å². The molecule has 2 aliphatic rings. The Kier molecular flexibility index (Phi) is 3.03. The molecule has 4 rings (SSSR count). The third-order valence-electron chi connectivity index (χ3n) is 4.66. The van der Waals surface area contributed by atoms with Crippen LogP contribution in [0.25, 0.3) is 23.3 Å². The molecule has 0 saturated carbocycles. The van der Waals surface area contributed by atoms with E-state index < -0.39 is 0 Å². The predicted molar refractivity (Wildman–Crippen MR) is 91.3 cm³/mol. The van der Waals surface area contributed by atoms with Crippen molar-refractivity contribution in [2.75, 3.05) is 0 Å². The van der Waals surface area contributed by atoms with Crippen LogP contribution in [-0.2, 0) is 12.8 Å². The Balaban J connectivity index is 2.00. The zero-order valence-electron chi connectivity index (χ0n) is 12.5. The zero-order chi connectivity index (χ0) is 14.2. The van der Waals surface area contributed by atoms with Gasteiger partial charge in [0.25, 0.3) is 0 Å². The maximum Gasteiger partial charge on any atom is -0.0103 e. The van der Waals surface area contributed by atoms with E-state index in [4.69, 9.17) is 0 Å². The maximum atomic E-state index is 2.40. The Morgan fingerprint density at radius 1 is 0.857 bits per heavy atom. The van der Waals surface area contributed by atoms with Crippen molar-refractivity contribution in [1.82, 2.24) is 0 Å². The van der Waals surface area contributed by atoms with Gasteiger partial charge in [0.2, 0.25) is 0 Å². The Hall–Kier alpha value is -2.08. The highest BCUT2D eigenvalue weighted by molar-refractivity contribution is 5.82. The maximum absolute atomic E-state index is 2.40. The standard InChI is InChI=1S/C21H20/c1-15-7-6-9-16(13-15)21-14-17-8-2-3-10-18(17)19-11-4-5-12-20(19)21/h2,5-9,12-14H,3-4,10-11H2,1H3. The van der Waals surface area contributed by atoms with Gasteiger partial charge < -0.3 is 0 Å². The molecule has 2 aliphatic carbocycles. The van der Waals surface area contributed by atoms with E-state index >= 15 is 0 Å². The Bertz CT molecular complexity index is 760. The number of aryl methyl sites for hydroxylation is 1. The first-order valence-electron chi connectivity index (χ1n) is 7.92. The van der Waals surface area contributed by atoms with Crippen molar-refractivity contribution in [2.24, 2.45) is 0 Å². The van der Waals surface area contributed by atoms with Gasteiger partial charge in [-0.1, -0.05) is 54.1 Å². The molecule has 0 fully saturated rings. The second kappa shape index (κ2) is 5.04. The second-order valence-corrected chi connectivity index (χ2v) is 6.14. The minimum absolute atomic E-state index is 1.18. The van der Waals surface area contributed by atoms with Crippen molar-refractivity contribution in [2.45, 2.75) is 32.6 Å². The third-order valence-corrected chi connectivity index (χ3v) is 4.66. The molecule has 0 amide bonds. The molecule has 0 unspecified atom stereocenters. The van der Waals surface area contributed by atoms with E-state index in [0.717, 1.165) is 0 Å². The van der Waals surface area contributed by atoms with E-state index in [1.807, 2.05) is 0 Å². The summed E-state index contributed by atoms with van der Waals surface area (Å²) in [6, 6.07) is 11.3. The molecular formula is C21H20. The van der Waals surface area contributed by atoms with Crippen LogP contribution in [0.3, 0.4) is 0 Å². The van der Waals surface area contributed by atoms with Gasteiger partial charge in [-0.05, 0) is 72.1 Å². The molecule has 0 N–H and O–H groups in total. The predicted octanol–water partition coefficient (Wildman–Crippen LogP) is 5.58. The van der Waals surface area contributed by atoms with Gasteiger partial charge in [-0.2, -0.15) is 0 Å². The lowest BCUT2D eigenvalue weighted by molar-refractivity contribution is 0.906. The molecular weight excluding hydrogens is 252 g/mol. The molecule has 0 saturated heterocycles. The normalized spacial score (nSPS) is 15.7.